The number of hydrogen-bond donors (Lipinski definition) is 0. The Bertz CT molecular complexity index is 268. The van der Waals surface area contributed by atoms with Gasteiger partial charge in [0.05, 0.1) is 6.10 Å². The Morgan fingerprint density at radius 2 is 2.33 bits per heavy atom. The molecule has 0 heterocycles. The van der Waals surface area contributed by atoms with E-state index in [9.17, 15) is 4.39 Å². The molecular formula is C10H10FO. The van der Waals surface area contributed by atoms with Crippen molar-refractivity contribution in [2.75, 3.05) is 0 Å². The summed E-state index contributed by atoms with van der Waals surface area (Å²) in [6.45, 7) is 0. The molecule has 1 aromatic rings. The fourth-order valence-corrected chi connectivity index (χ4v) is 1.17. The molecule has 0 aliphatic heterocycles. The molecule has 0 aromatic heterocycles. The van der Waals surface area contributed by atoms with Crippen molar-refractivity contribution in [3.8, 4) is 5.75 Å². The standard InChI is InChI=1S/C10H10FO/c11-8-3-1-6-10(7-8)12-9-4-2-5-9/h1,6-7,9H,2,4-5H2. The van der Waals surface area contributed by atoms with Crippen molar-refractivity contribution in [2.24, 2.45) is 0 Å². The molecule has 0 unspecified atom stereocenters. The van der Waals surface area contributed by atoms with Crippen LogP contribution in [0.5, 0.6) is 5.75 Å². The average Bonchev–Trinajstić information content (AvgIpc) is 1.97. The molecule has 1 aromatic carbocycles. The zero-order valence-electron chi connectivity index (χ0n) is 6.72. The van der Waals surface area contributed by atoms with Gasteiger partial charge >= 0.3 is 0 Å². The van der Waals surface area contributed by atoms with Crippen molar-refractivity contribution >= 4 is 0 Å². The predicted molar refractivity (Wildman–Crippen MR) is 43.5 cm³/mol. The third-order valence-corrected chi connectivity index (χ3v) is 2.09. The molecule has 1 nitrogen and oxygen atoms in total. The van der Waals surface area contributed by atoms with Crippen LogP contribution >= 0.6 is 0 Å². The van der Waals surface area contributed by atoms with Crippen molar-refractivity contribution in [2.45, 2.75) is 25.4 Å². The molecule has 63 valence electrons. The lowest BCUT2D eigenvalue weighted by molar-refractivity contribution is 0.120. The molecule has 1 aliphatic rings. The number of halogens is 1. The second kappa shape index (κ2) is 3.13. The summed E-state index contributed by atoms with van der Waals surface area (Å²) in [5.74, 6) is 0.266. The van der Waals surface area contributed by atoms with Crippen LogP contribution in [-0.4, -0.2) is 6.10 Å². The molecule has 0 spiro atoms. The van der Waals surface area contributed by atoms with Gasteiger partial charge in [0, 0.05) is 12.1 Å². The van der Waals surface area contributed by atoms with Gasteiger partial charge < -0.3 is 4.74 Å². The number of hydrogen-bond acceptors (Lipinski definition) is 1. The fraction of sp³-hybridized carbons (Fsp3) is 0.400. The summed E-state index contributed by atoms with van der Waals surface area (Å²) in [6.07, 6.45) is 3.74. The second-order valence-corrected chi connectivity index (χ2v) is 3.04. The van der Waals surface area contributed by atoms with Crippen LogP contribution in [0.1, 0.15) is 19.3 Å². The van der Waals surface area contributed by atoms with Crippen LogP contribution in [0.15, 0.2) is 18.2 Å². The van der Waals surface area contributed by atoms with Crippen LogP contribution in [0.4, 0.5) is 4.39 Å². The van der Waals surface area contributed by atoms with Gasteiger partial charge in [0.25, 0.3) is 0 Å². The molecule has 1 radical (unpaired) electrons. The first-order valence-corrected chi connectivity index (χ1v) is 4.18. The molecule has 1 aliphatic carbocycles. The maximum Gasteiger partial charge on any atom is 0.134 e. The maximum atomic E-state index is 12.6. The Labute approximate surface area is 71.2 Å². The van der Waals surface area contributed by atoms with Gasteiger partial charge in [0.15, 0.2) is 0 Å². The monoisotopic (exact) mass is 165 g/mol. The first kappa shape index (κ1) is 7.59. The molecule has 0 amide bonds. The summed E-state index contributed by atoms with van der Waals surface area (Å²) in [7, 11) is 0. The van der Waals surface area contributed by atoms with Crippen molar-refractivity contribution in [1.29, 1.82) is 0 Å². The molecule has 2 heteroatoms. The molecule has 0 atom stereocenters. The molecule has 2 rings (SSSR count). The quantitative estimate of drug-likeness (QED) is 0.654. The van der Waals surface area contributed by atoms with Gasteiger partial charge in [0.2, 0.25) is 0 Å². The SMILES string of the molecule is Fc1[c]ccc(OC2CCC2)c1. The summed E-state index contributed by atoms with van der Waals surface area (Å²) >= 11 is 0. The number of benzene rings is 1. The first-order chi connectivity index (χ1) is 5.84. The summed E-state index contributed by atoms with van der Waals surface area (Å²) in [6, 6.07) is 7.09. The highest BCUT2D eigenvalue weighted by atomic mass is 19.1. The van der Waals surface area contributed by atoms with Crippen LogP contribution in [-0.2, 0) is 0 Å². The molecular weight excluding hydrogens is 155 g/mol. The van der Waals surface area contributed by atoms with E-state index in [4.69, 9.17) is 4.74 Å². The summed E-state index contributed by atoms with van der Waals surface area (Å²) in [4.78, 5) is 0. The lowest BCUT2D eigenvalue weighted by atomic mass is 9.96. The Morgan fingerprint density at radius 1 is 1.50 bits per heavy atom. The largest absolute Gasteiger partial charge is 0.490 e. The Balaban J connectivity index is 2.02. The molecule has 12 heavy (non-hydrogen) atoms. The van der Waals surface area contributed by atoms with Gasteiger partial charge in [-0.05, 0) is 31.4 Å². The van der Waals surface area contributed by atoms with E-state index in [1.807, 2.05) is 0 Å². The minimum atomic E-state index is -0.355. The number of rotatable bonds is 2. The first-order valence-electron chi connectivity index (χ1n) is 4.18. The van der Waals surface area contributed by atoms with Gasteiger partial charge in [-0.25, -0.2) is 4.39 Å². The molecule has 1 fully saturated rings. The van der Waals surface area contributed by atoms with Crippen molar-refractivity contribution < 1.29 is 9.13 Å². The fourth-order valence-electron chi connectivity index (χ4n) is 1.17. The molecule has 0 saturated heterocycles. The van der Waals surface area contributed by atoms with Gasteiger partial charge in [-0.15, -0.1) is 0 Å². The van der Waals surface area contributed by atoms with Gasteiger partial charge in [-0.3, -0.25) is 0 Å². The smallest absolute Gasteiger partial charge is 0.134 e. The van der Waals surface area contributed by atoms with E-state index in [-0.39, 0.29) is 5.82 Å². The summed E-state index contributed by atoms with van der Waals surface area (Å²) < 4.78 is 18.1. The third-order valence-electron chi connectivity index (χ3n) is 2.09. The zero-order chi connectivity index (χ0) is 8.39. The van der Waals surface area contributed by atoms with E-state index in [1.165, 1.54) is 12.5 Å². The lowest BCUT2D eigenvalue weighted by Gasteiger charge is -2.26. The maximum absolute atomic E-state index is 12.6. The highest BCUT2D eigenvalue weighted by molar-refractivity contribution is 5.22. The topological polar surface area (TPSA) is 9.23 Å². The Morgan fingerprint density at radius 3 is 2.92 bits per heavy atom. The molecule has 0 bridgehead atoms. The van der Waals surface area contributed by atoms with Gasteiger partial charge in [0.1, 0.15) is 11.6 Å². The predicted octanol–water partition coefficient (Wildman–Crippen LogP) is 2.56. The second-order valence-electron chi connectivity index (χ2n) is 3.04. The normalized spacial score (nSPS) is 17.1. The lowest BCUT2D eigenvalue weighted by Crippen LogP contribution is -2.24. The zero-order valence-corrected chi connectivity index (χ0v) is 6.72. The minimum Gasteiger partial charge on any atom is -0.490 e. The van der Waals surface area contributed by atoms with Crippen LogP contribution in [0, 0.1) is 11.9 Å². The van der Waals surface area contributed by atoms with Gasteiger partial charge in [-0.1, -0.05) is 0 Å². The summed E-state index contributed by atoms with van der Waals surface area (Å²) in [5, 5.41) is 0. The van der Waals surface area contributed by atoms with Crippen LogP contribution in [0.2, 0.25) is 0 Å². The highest BCUT2D eigenvalue weighted by Crippen LogP contribution is 2.24. The third kappa shape index (κ3) is 1.58. The van der Waals surface area contributed by atoms with Crippen molar-refractivity contribution in [3.05, 3.63) is 30.1 Å². The molecule has 1 saturated carbocycles. The van der Waals surface area contributed by atoms with Crippen molar-refractivity contribution in [3.63, 3.8) is 0 Å². The molecule has 0 N–H and O–H groups in total. The van der Waals surface area contributed by atoms with E-state index < -0.39 is 0 Å². The van der Waals surface area contributed by atoms with E-state index in [0.29, 0.717) is 11.9 Å². The average molecular weight is 165 g/mol. The van der Waals surface area contributed by atoms with E-state index in [0.717, 1.165) is 12.8 Å². The summed E-state index contributed by atoms with van der Waals surface area (Å²) in [5.41, 5.74) is 0. The highest BCUT2D eigenvalue weighted by Gasteiger charge is 2.18. The van der Waals surface area contributed by atoms with Crippen molar-refractivity contribution in [1.82, 2.24) is 0 Å². The van der Waals surface area contributed by atoms with E-state index >= 15 is 0 Å². The minimum absolute atomic E-state index is 0.312. The Hall–Kier alpha value is -1.05. The van der Waals surface area contributed by atoms with Gasteiger partial charge in [-0.2, -0.15) is 0 Å². The Kier molecular flexibility index (Phi) is 1.98. The van der Waals surface area contributed by atoms with Crippen LogP contribution < -0.4 is 4.74 Å². The van der Waals surface area contributed by atoms with E-state index in [1.54, 1.807) is 12.1 Å². The van der Waals surface area contributed by atoms with Crippen LogP contribution in [0.3, 0.4) is 0 Å². The number of ether oxygens (including phenoxy) is 1. The van der Waals surface area contributed by atoms with E-state index in [2.05, 4.69) is 6.07 Å². The van der Waals surface area contributed by atoms with Crippen LogP contribution in [0.25, 0.3) is 0 Å².